The van der Waals surface area contributed by atoms with Crippen molar-refractivity contribution in [1.29, 1.82) is 0 Å². The monoisotopic (exact) mass is 291 g/mol. The molecule has 6 heteroatoms. The van der Waals surface area contributed by atoms with Crippen molar-refractivity contribution in [3.8, 4) is 0 Å². The number of nitrogens with one attached hydrogen (secondary N) is 1. The number of hydrogen-bond acceptors (Lipinski definition) is 5. The number of aromatic carboxylic acids is 1. The van der Waals surface area contributed by atoms with E-state index in [0.717, 1.165) is 0 Å². The van der Waals surface area contributed by atoms with Gasteiger partial charge in [0.2, 0.25) is 0 Å². The molecule has 1 fully saturated rings. The highest BCUT2D eigenvalue weighted by molar-refractivity contribution is 5.88. The van der Waals surface area contributed by atoms with Crippen LogP contribution in [-0.4, -0.2) is 40.4 Å². The number of anilines is 1. The van der Waals surface area contributed by atoms with Gasteiger partial charge in [-0.1, -0.05) is 12.2 Å². The Morgan fingerprint density at radius 1 is 1.43 bits per heavy atom. The number of carbonyl (C=O) groups excluding carboxylic acids is 1. The number of benzene rings is 1. The molecule has 1 aliphatic rings. The van der Waals surface area contributed by atoms with Gasteiger partial charge in [-0.2, -0.15) is 0 Å². The third kappa shape index (κ3) is 3.61. The molecule has 3 N–H and O–H groups in total. The Bertz CT molecular complexity index is 552. The van der Waals surface area contributed by atoms with E-state index >= 15 is 0 Å². The standard InChI is InChI=1S/C15H17NO5/c1-2-3-12(17)14-11(8-13(18)21-14)16-10-6-4-9(5-7-10)15(19)20/h2-7,11-12,14,16-17H,8H2,1H3,(H,19,20)/b3-2+/t11-,12-,14+/m0/s1. The predicted octanol–water partition coefficient (Wildman–Crippen LogP) is 1.42. The van der Waals surface area contributed by atoms with Crippen LogP contribution in [0.25, 0.3) is 0 Å². The van der Waals surface area contributed by atoms with Gasteiger partial charge in [0.05, 0.1) is 18.0 Å². The SMILES string of the molecule is C/C=C/[C@H](O)[C@@H]1OC(=O)C[C@@H]1Nc1ccc(C(=O)O)cc1. The number of carboxylic acid groups (broad SMARTS) is 1. The van der Waals surface area contributed by atoms with E-state index in [4.69, 9.17) is 9.84 Å². The normalized spacial score (nSPS) is 23.0. The highest BCUT2D eigenvalue weighted by Gasteiger charge is 2.38. The van der Waals surface area contributed by atoms with Crippen LogP contribution in [0, 0.1) is 0 Å². The molecule has 0 amide bonds. The fraction of sp³-hybridized carbons (Fsp3) is 0.333. The number of esters is 1. The second kappa shape index (κ2) is 6.41. The van der Waals surface area contributed by atoms with Gasteiger partial charge in [0.1, 0.15) is 6.10 Å². The molecular weight excluding hydrogens is 274 g/mol. The number of ether oxygens (including phenoxy) is 1. The lowest BCUT2D eigenvalue weighted by molar-refractivity contribution is -0.144. The second-order valence-electron chi connectivity index (χ2n) is 4.81. The van der Waals surface area contributed by atoms with Crippen LogP contribution in [0.5, 0.6) is 0 Å². The number of aliphatic hydroxyl groups is 1. The Labute approximate surface area is 122 Å². The number of carbonyl (C=O) groups is 2. The van der Waals surface area contributed by atoms with Crippen molar-refractivity contribution in [2.24, 2.45) is 0 Å². The first kappa shape index (κ1) is 15.1. The Morgan fingerprint density at radius 3 is 2.67 bits per heavy atom. The molecule has 1 heterocycles. The zero-order chi connectivity index (χ0) is 15.4. The number of hydrogen-bond donors (Lipinski definition) is 3. The highest BCUT2D eigenvalue weighted by Crippen LogP contribution is 2.23. The summed E-state index contributed by atoms with van der Waals surface area (Å²) in [7, 11) is 0. The van der Waals surface area contributed by atoms with Gasteiger partial charge >= 0.3 is 11.9 Å². The molecular formula is C15H17NO5. The van der Waals surface area contributed by atoms with Crippen LogP contribution in [0.4, 0.5) is 5.69 Å². The van der Waals surface area contributed by atoms with Crippen molar-refractivity contribution < 1.29 is 24.5 Å². The molecule has 0 aliphatic carbocycles. The largest absolute Gasteiger partial charge is 0.478 e. The van der Waals surface area contributed by atoms with Gasteiger partial charge < -0.3 is 20.3 Å². The highest BCUT2D eigenvalue weighted by atomic mass is 16.6. The van der Waals surface area contributed by atoms with E-state index in [9.17, 15) is 14.7 Å². The third-order valence-electron chi connectivity index (χ3n) is 3.26. The summed E-state index contributed by atoms with van der Waals surface area (Å²) in [4.78, 5) is 22.2. The molecule has 0 unspecified atom stereocenters. The molecule has 21 heavy (non-hydrogen) atoms. The minimum Gasteiger partial charge on any atom is -0.478 e. The minimum absolute atomic E-state index is 0.153. The summed E-state index contributed by atoms with van der Waals surface area (Å²) in [6, 6.07) is 5.81. The van der Waals surface area contributed by atoms with Gasteiger partial charge in [0.25, 0.3) is 0 Å². The van der Waals surface area contributed by atoms with E-state index < -0.39 is 18.2 Å². The van der Waals surface area contributed by atoms with Crippen LogP contribution in [0.2, 0.25) is 0 Å². The van der Waals surface area contributed by atoms with Crippen LogP contribution in [0.3, 0.4) is 0 Å². The summed E-state index contributed by atoms with van der Waals surface area (Å²) in [5, 5.41) is 21.9. The quantitative estimate of drug-likeness (QED) is 0.561. The Morgan fingerprint density at radius 2 is 2.10 bits per heavy atom. The molecule has 2 rings (SSSR count). The van der Waals surface area contributed by atoms with Crippen LogP contribution in [0.15, 0.2) is 36.4 Å². The van der Waals surface area contributed by atoms with E-state index in [0.29, 0.717) is 5.69 Å². The van der Waals surface area contributed by atoms with Gasteiger partial charge in [-0.15, -0.1) is 0 Å². The zero-order valence-corrected chi connectivity index (χ0v) is 11.5. The number of allylic oxidation sites excluding steroid dienone is 1. The van der Waals surface area contributed by atoms with Crippen molar-refractivity contribution in [1.82, 2.24) is 0 Å². The van der Waals surface area contributed by atoms with Crippen LogP contribution in [0.1, 0.15) is 23.7 Å². The maximum Gasteiger partial charge on any atom is 0.335 e. The van der Waals surface area contributed by atoms with E-state index in [1.54, 1.807) is 31.2 Å². The van der Waals surface area contributed by atoms with Crippen LogP contribution in [-0.2, 0) is 9.53 Å². The molecule has 0 saturated carbocycles. The average molecular weight is 291 g/mol. The molecule has 0 bridgehead atoms. The minimum atomic E-state index is -0.998. The van der Waals surface area contributed by atoms with Crippen molar-refractivity contribution in [2.45, 2.75) is 31.6 Å². The molecule has 0 radical (unpaired) electrons. The summed E-state index contributed by atoms with van der Waals surface area (Å²) < 4.78 is 5.13. The molecule has 1 saturated heterocycles. The fourth-order valence-corrected chi connectivity index (χ4v) is 2.25. The van der Waals surface area contributed by atoms with Gasteiger partial charge in [-0.05, 0) is 31.2 Å². The van der Waals surface area contributed by atoms with E-state index in [1.807, 2.05) is 0 Å². The lowest BCUT2D eigenvalue weighted by atomic mass is 10.0. The average Bonchev–Trinajstić information content (AvgIpc) is 2.80. The molecule has 3 atom stereocenters. The number of aliphatic hydroxyl groups excluding tert-OH is 1. The molecule has 0 spiro atoms. The van der Waals surface area contributed by atoms with Crippen molar-refractivity contribution >= 4 is 17.6 Å². The summed E-state index contributed by atoms with van der Waals surface area (Å²) in [6.45, 7) is 1.77. The first-order valence-corrected chi connectivity index (χ1v) is 6.61. The summed E-state index contributed by atoms with van der Waals surface area (Å²) in [5.41, 5.74) is 0.853. The first-order valence-electron chi connectivity index (χ1n) is 6.61. The number of carboxylic acids is 1. The van der Waals surface area contributed by atoms with Crippen molar-refractivity contribution in [2.75, 3.05) is 5.32 Å². The van der Waals surface area contributed by atoms with E-state index in [2.05, 4.69) is 5.32 Å². The summed E-state index contributed by atoms with van der Waals surface area (Å²) in [5.74, 6) is -1.37. The van der Waals surface area contributed by atoms with Gasteiger partial charge in [-0.25, -0.2) is 4.79 Å². The Hall–Kier alpha value is -2.34. The van der Waals surface area contributed by atoms with E-state index in [-0.39, 0.29) is 24.0 Å². The maximum atomic E-state index is 11.4. The second-order valence-corrected chi connectivity index (χ2v) is 4.81. The molecule has 1 aliphatic heterocycles. The topological polar surface area (TPSA) is 95.9 Å². The Balaban J connectivity index is 2.09. The lowest BCUT2D eigenvalue weighted by Crippen LogP contribution is -2.38. The maximum absolute atomic E-state index is 11.4. The van der Waals surface area contributed by atoms with Gasteiger partial charge in [0, 0.05) is 5.69 Å². The smallest absolute Gasteiger partial charge is 0.335 e. The molecule has 1 aromatic carbocycles. The van der Waals surface area contributed by atoms with Gasteiger partial charge in [0.15, 0.2) is 6.10 Å². The molecule has 0 aromatic heterocycles. The van der Waals surface area contributed by atoms with Gasteiger partial charge in [-0.3, -0.25) is 4.79 Å². The van der Waals surface area contributed by atoms with Crippen molar-refractivity contribution in [3.05, 3.63) is 42.0 Å². The molecule has 112 valence electrons. The zero-order valence-electron chi connectivity index (χ0n) is 11.5. The van der Waals surface area contributed by atoms with Crippen LogP contribution >= 0.6 is 0 Å². The fourth-order valence-electron chi connectivity index (χ4n) is 2.25. The third-order valence-corrected chi connectivity index (χ3v) is 3.26. The molecule has 1 aromatic rings. The molecule has 6 nitrogen and oxygen atoms in total. The Kier molecular flexibility index (Phi) is 4.59. The van der Waals surface area contributed by atoms with Crippen LogP contribution < -0.4 is 5.32 Å². The lowest BCUT2D eigenvalue weighted by Gasteiger charge is -2.22. The summed E-state index contributed by atoms with van der Waals surface area (Å²) >= 11 is 0. The number of rotatable bonds is 5. The predicted molar refractivity (Wildman–Crippen MR) is 76.1 cm³/mol. The first-order chi connectivity index (χ1) is 10.0. The van der Waals surface area contributed by atoms with E-state index in [1.165, 1.54) is 12.1 Å². The summed E-state index contributed by atoms with van der Waals surface area (Å²) in [6.07, 6.45) is 1.87. The number of cyclic esters (lactones) is 1. The van der Waals surface area contributed by atoms with Crippen molar-refractivity contribution in [3.63, 3.8) is 0 Å².